The van der Waals surface area contributed by atoms with Gasteiger partial charge < -0.3 is 9.05 Å². The lowest BCUT2D eigenvalue weighted by Gasteiger charge is -2.16. The van der Waals surface area contributed by atoms with Crippen molar-refractivity contribution in [1.29, 1.82) is 0 Å². The second-order valence-corrected chi connectivity index (χ2v) is 8.24. The summed E-state index contributed by atoms with van der Waals surface area (Å²) in [6.45, 7) is 6.94. The smallest absolute Gasteiger partial charge is 0.309 e. The minimum Gasteiger partial charge on any atom is -0.309 e. The van der Waals surface area contributed by atoms with E-state index in [9.17, 15) is 4.57 Å². The minimum absolute atomic E-state index is 0.468. The van der Waals surface area contributed by atoms with E-state index >= 15 is 0 Å². The van der Waals surface area contributed by atoms with Gasteiger partial charge in [0.15, 0.2) is 0 Å². The first-order valence-corrected chi connectivity index (χ1v) is 11.3. The summed E-state index contributed by atoms with van der Waals surface area (Å²) in [6, 6.07) is 0. The van der Waals surface area contributed by atoms with E-state index in [-0.39, 0.29) is 0 Å². The van der Waals surface area contributed by atoms with E-state index in [4.69, 9.17) is 9.05 Å². The Kier molecular flexibility index (Phi) is 16.1. The highest BCUT2D eigenvalue weighted by Gasteiger charge is 2.22. The molecule has 0 heterocycles. The van der Waals surface area contributed by atoms with Gasteiger partial charge in [0.2, 0.25) is 0 Å². The third-order valence-corrected chi connectivity index (χ3v) is 6.10. The number of hydrogen-bond donors (Lipinski definition) is 0. The van der Waals surface area contributed by atoms with Crippen molar-refractivity contribution in [2.75, 3.05) is 19.4 Å². The summed E-state index contributed by atoms with van der Waals surface area (Å²) in [5.41, 5.74) is 0. The average Bonchev–Trinajstić information content (AvgIpc) is 2.49. The van der Waals surface area contributed by atoms with Crippen LogP contribution in [0, 0.1) is 0 Å². The minimum atomic E-state index is -2.80. The molecule has 0 saturated heterocycles. The highest BCUT2D eigenvalue weighted by molar-refractivity contribution is 7.53. The van der Waals surface area contributed by atoms with Crippen LogP contribution in [0.15, 0.2) is 0 Å². The fourth-order valence-electron chi connectivity index (χ4n) is 2.71. The lowest BCUT2D eigenvalue weighted by atomic mass is 10.1. The summed E-state index contributed by atoms with van der Waals surface area (Å²) in [4.78, 5) is 0. The summed E-state index contributed by atoms with van der Waals surface area (Å²) in [5.74, 6) is 0. The van der Waals surface area contributed by atoms with Crippen LogP contribution in [0.1, 0.15) is 97.8 Å². The molecular formula is C18H39O3P. The normalized spacial score (nSPS) is 12.0. The highest BCUT2D eigenvalue weighted by Crippen LogP contribution is 2.48. The van der Waals surface area contributed by atoms with Crippen LogP contribution < -0.4 is 0 Å². The Morgan fingerprint density at radius 2 is 0.955 bits per heavy atom. The monoisotopic (exact) mass is 334 g/mol. The number of unbranched alkanes of at least 4 members (excludes halogenated alkanes) is 11. The first-order chi connectivity index (χ1) is 10.7. The van der Waals surface area contributed by atoms with Gasteiger partial charge in [-0.15, -0.1) is 0 Å². The molecule has 0 unspecified atom stereocenters. The standard InChI is InChI=1S/C18H39O3P/c1-4-7-8-9-10-11-12-13-14-15-16-17-18-22(19,20-5-2)21-6-3/h4-18H2,1-3H3. The second-order valence-electron chi connectivity index (χ2n) is 6.06. The summed E-state index contributed by atoms with van der Waals surface area (Å²) in [7, 11) is -2.80. The van der Waals surface area contributed by atoms with Crippen LogP contribution in [0.2, 0.25) is 0 Å². The van der Waals surface area contributed by atoms with Crippen LogP contribution >= 0.6 is 7.60 Å². The van der Waals surface area contributed by atoms with E-state index < -0.39 is 7.60 Å². The van der Waals surface area contributed by atoms with Crippen LogP contribution in [0.4, 0.5) is 0 Å². The van der Waals surface area contributed by atoms with E-state index in [1.807, 2.05) is 13.8 Å². The predicted molar refractivity (Wildman–Crippen MR) is 96.8 cm³/mol. The van der Waals surface area contributed by atoms with Gasteiger partial charge in [0.1, 0.15) is 0 Å². The summed E-state index contributed by atoms with van der Waals surface area (Å²) < 4.78 is 22.9. The Labute approximate surface area is 139 Å². The van der Waals surface area contributed by atoms with E-state index in [1.165, 1.54) is 64.2 Å². The van der Waals surface area contributed by atoms with Crippen molar-refractivity contribution >= 4 is 7.60 Å². The molecule has 0 N–H and O–H groups in total. The highest BCUT2D eigenvalue weighted by atomic mass is 31.2. The van der Waals surface area contributed by atoms with E-state index in [0.717, 1.165) is 12.8 Å². The van der Waals surface area contributed by atoms with E-state index in [0.29, 0.717) is 19.4 Å². The molecular weight excluding hydrogens is 295 g/mol. The van der Waals surface area contributed by atoms with Gasteiger partial charge in [-0.2, -0.15) is 0 Å². The SMILES string of the molecule is CCCCCCCCCCCCCCP(=O)(OCC)OCC. The largest absolute Gasteiger partial charge is 0.330 e. The van der Waals surface area contributed by atoms with Crippen molar-refractivity contribution in [3.05, 3.63) is 0 Å². The first kappa shape index (κ1) is 22.1. The van der Waals surface area contributed by atoms with Crippen molar-refractivity contribution in [1.82, 2.24) is 0 Å². The van der Waals surface area contributed by atoms with Crippen LogP contribution in [-0.2, 0) is 13.6 Å². The van der Waals surface area contributed by atoms with Gasteiger partial charge in [0.25, 0.3) is 0 Å². The first-order valence-electron chi connectivity index (χ1n) is 9.56. The lowest BCUT2D eigenvalue weighted by molar-refractivity contribution is 0.219. The predicted octanol–water partition coefficient (Wildman–Crippen LogP) is 6.95. The molecule has 0 atom stereocenters. The molecule has 134 valence electrons. The third kappa shape index (κ3) is 13.8. The van der Waals surface area contributed by atoms with Crippen molar-refractivity contribution < 1.29 is 13.6 Å². The Balaban J connectivity index is 3.36. The maximum absolute atomic E-state index is 12.3. The Morgan fingerprint density at radius 1 is 0.591 bits per heavy atom. The van der Waals surface area contributed by atoms with Crippen LogP contribution in [-0.4, -0.2) is 19.4 Å². The topological polar surface area (TPSA) is 35.5 Å². The van der Waals surface area contributed by atoms with Crippen molar-refractivity contribution in [2.45, 2.75) is 97.8 Å². The zero-order valence-electron chi connectivity index (χ0n) is 15.3. The average molecular weight is 334 g/mol. The molecule has 0 spiro atoms. The molecule has 0 bridgehead atoms. The summed E-state index contributed by atoms with van der Waals surface area (Å²) >= 11 is 0. The van der Waals surface area contributed by atoms with Gasteiger partial charge in [0.05, 0.1) is 19.4 Å². The lowest BCUT2D eigenvalue weighted by Crippen LogP contribution is -2.00. The van der Waals surface area contributed by atoms with E-state index in [2.05, 4.69) is 6.92 Å². The van der Waals surface area contributed by atoms with Crippen molar-refractivity contribution in [2.24, 2.45) is 0 Å². The molecule has 0 aliphatic carbocycles. The fraction of sp³-hybridized carbons (Fsp3) is 1.00. The van der Waals surface area contributed by atoms with Gasteiger partial charge in [-0.3, -0.25) is 4.57 Å². The van der Waals surface area contributed by atoms with Crippen LogP contribution in [0.5, 0.6) is 0 Å². The zero-order chi connectivity index (χ0) is 16.5. The number of hydrogen-bond acceptors (Lipinski definition) is 3. The van der Waals surface area contributed by atoms with Gasteiger partial charge in [-0.25, -0.2) is 0 Å². The Hall–Kier alpha value is 0.150. The van der Waals surface area contributed by atoms with Gasteiger partial charge in [-0.05, 0) is 20.3 Å². The molecule has 0 fully saturated rings. The summed E-state index contributed by atoms with van der Waals surface area (Å²) in [6.07, 6.45) is 16.3. The molecule has 0 rings (SSSR count). The fourth-order valence-corrected chi connectivity index (χ4v) is 4.44. The maximum Gasteiger partial charge on any atom is 0.330 e. The molecule has 0 aromatic heterocycles. The molecule has 4 heteroatoms. The summed E-state index contributed by atoms with van der Waals surface area (Å²) in [5, 5.41) is 0. The quantitative estimate of drug-likeness (QED) is 0.213. The molecule has 0 amide bonds. The third-order valence-electron chi connectivity index (χ3n) is 3.94. The Bertz CT molecular complexity index is 259. The van der Waals surface area contributed by atoms with Gasteiger partial charge >= 0.3 is 7.60 Å². The van der Waals surface area contributed by atoms with Crippen LogP contribution in [0.25, 0.3) is 0 Å². The molecule has 0 aromatic rings. The second kappa shape index (κ2) is 16.0. The Morgan fingerprint density at radius 3 is 1.32 bits per heavy atom. The molecule has 0 aliphatic heterocycles. The van der Waals surface area contributed by atoms with E-state index in [1.54, 1.807) is 0 Å². The molecule has 0 aromatic carbocycles. The molecule has 0 aliphatic rings. The molecule has 0 radical (unpaired) electrons. The van der Waals surface area contributed by atoms with Crippen molar-refractivity contribution in [3.8, 4) is 0 Å². The van der Waals surface area contributed by atoms with Crippen LogP contribution in [0.3, 0.4) is 0 Å². The van der Waals surface area contributed by atoms with Gasteiger partial charge in [0, 0.05) is 0 Å². The number of rotatable bonds is 17. The molecule has 3 nitrogen and oxygen atoms in total. The van der Waals surface area contributed by atoms with Crippen molar-refractivity contribution in [3.63, 3.8) is 0 Å². The zero-order valence-corrected chi connectivity index (χ0v) is 16.2. The maximum atomic E-state index is 12.3. The molecule has 22 heavy (non-hydrogen) atoms. The molecule has 0 saturated carbocycles. The van der Waals surface area contributed by atoms with Gasteiger partial charge in [-0.1, -0.05) is 77.6 Å².